The lowest BCUT2D eigenvalue weighted by Crippen LogP contribution is -2.69. The fourth-order valence-corrected chi connectivity index (χ4v) is 6.14. The number of primary amides is 1. The predicted molar refractivity (Wildman–Crippen MR) is 132 cm³/mol. The molecule has 0 spiro atoms. The molecule has 0 radical (unpaired) electrons. The van der Waals surface area contributed by atoms with Crippen molar-refractivity contribution in [1.82, 2.24) is 9.80 Å². The average molecular weight is 530 g/mol. The lowest BCUT2D eigenvalue weighted by molar-refractivity contribution is -0.181. The standard InChI is InChI=1S/C26H31N3O9/c1-10-11-7-6-8-12(30)15(11)20(32)16-14(10)22(38-13(31)9-28(2)3)18-19(29(4)5)21(33)17(25(27)36)24(35)26(18,37)23(16)34/h6-8,10,14,18-19,22,30,33-34,37H,9H2,1-5H3,(H2,27,36)/t10-,14-,18-,19+,22-,26-/m1/s1. The van der Waals surface area contributed by atoms with Crippen LogP contribution in [0.2, 0.25) is 0 Å². The van der Waals surface area contributed by atoms with Gasteiger partial charge in [0.05, 0.1) is 24.1 Å². The van der Waals surface area contributed by atoms with Gasteiger partial charge < -0.3 is 30.9 Å². The van der Waals surface area contributed by atoms with E-state index in [0.717, 1.165) is 0 Å². The fourth-order valence-electron chi connectivity index (χ4n) is 6.14. The Kier molecular flexibility index (Phi) is 6.63. The van der Waals surface area contributed by atoms with Crippen molar-refractivity contribution < 1.29 is 44.3 Å². The van der Waals surface area contributed by atoms with E-state index in [4.69, 9.17) is 10.5 Å². The summed E-state index contributed by atoms with van der Waals surface area (Å²) in [5, 5.41) is 45.0. The first-order valence-electron chi connectivity index (χ1n) is 12.0. The molecule has 3 aliphatic carbocycles. The normalized spacial score (nSPS) is 30.8. The summed E-state index contributed by atoms with van der Waals surface area (Å²) in [5.74, 6) is -9.83. The molecule has 0 bridgehead atoms. The molecular weight excluding hydrogens is 498 g/mol. The van der Waals surface area contributed by atoms with Crippen molar-refractivity contribution in [1.29, 1.82) is 0 Å². The van der Waals surface area contributed by atoms with Crippen LogP contribution in [0.1, 0.15) is 28.8 Å². The number of hydrogen-bond acceptors (Lipinski definition) is 11. The van der Waals surface area contributed by atoms with E-state index in [1.54, 1.807) is 33.2 Å². The van der Waals surface area contributed by atoms with Crippen LogP contribution in [0.4, 0.5) is 0 Å². The highest BCUT2D eigenvalue weighted by Crippen LogP contribution is 2.56. The van der Waals surface area contributed by atoms with Crippen molar-refractivity contribution in [3.05, 3.63) is 52.0 Å². The number of rotatable bonds is 5. The van der Waals surface area contributed by atoms with E-state index in [9.17, 15) is 39.6 Å². The highest BCUT2D eigenvalue weighted by atomic mass is 16.5. The van der Waals surface area contributed by atoms with Gasteiger partial charge in [0.25, 0.3) is 5.91 Å². The molecule has 3 aliphatic rings. The molecule has 6 atom stereocenters. The number of phenolic OH excluding ortho intramolecular Hbond substituents is 1. The van der Waals surface area contributed by atoms with Gasteiger partial charge in [0, 0.05) is 11.5 Å². The van der Waals surface area contributed by atoms with Crippen LogP contribution in [0.5, 0.6) is 5.75 Å². The number of aromatic hydroxyl groups is 1. The topological polar surface area (TPSA) is 191 Å². The number of ketones is 2. The number of nitrogens with two attached hydrogens (primary N) is 1. The maximum absolute atomic E-state index is 13.7. The average Bonchev–Trinajstić information content (AvgIpc) is 2.80. The highest BCUT2D eigenvalue weighted by molar-refractivity contribution is 6.25. The maximum Gasteiger partial charge on any atom is 0.320 e. The van der Waals surface area contributed by atoms with Crippen molar-refractivity contribution in [3.8, 4) is 5.75 Å². The summed E-state index contributed by atoms with van der Waals surface area (Å²) in [4.78, 5) is 55.5. The van der Waals surface area contributed by atoms with E-state index in [1.165, 1.54) is 30.0 Å². The zero-order valence-electron chi connectivity index (χ0n) is 21.6. The quantitative estimate of drug-likeness (QED) is 0.250. The number of esters is 1. The summed E-state index contributed by atoms with van der Waals surface area (Å²) >= 11 is 0. The Morgan fingerprint density at radius 3 is 2.29 bits per heavy atom. The van der Waals surface area contributed by atoms with Crippen molar-refractivity contribution in [3.63, 3.8) is 0 Å². The first kappa shape index (κ1) is 27.3. The number of hydrogen-bond donors (Lipinski definition) is 5. The van der Waals surface area contributed by atoms with Gasteiger partial charge >= 0.3 is 5.97 Å². The summed E-state index contributed by atoms with van der Waals surface area (Å²) in [6, 6.07) is 3.12. The van der Waals surface area contributed by atoms with Crippen molar-refractivity contribution >= 4 is 23.4 Å². The number of nitrogens with zero attached hydrogens (tertiary/aromatic N) is 2. The summed E-state index contributed by atoms with van der Waals surface area (Å²) in [5.41, 5.74) is 1.34. The number of carbonyl (C=O) groups excluding carboxylic acids is 4. The fraction of sp³-hybridized carbons (Fsp3) is 0.462. The molecule has 0 saturated carbocycles. The monoisotopic (exact) mass is 529 g/mol. The zero-order valence-corrected chi connectivity index (χ0v) is 21.6. The van der Waals surface area contributed by atoms with Gasteiger partial charge in [-0.2, -0.15) is 0 Å². The number of fused-ring (bicyclic) bond motifs is 3. The van der Waals surface area contributed by atoms with Gasteiger partial charge in [0.2, 0.25) is 5.78 Å². The van der Waals surface area contributed by atoms with Crippen molar-refractivity contribution in [2.45, 2.75) is 30.6 Å². The number of carbonyl (C=O) groups is 4. The van der Waals surface area contributed by atoms with Crippen LogP contribution in [-0.2, 0) is 19.1 Å². The lowest BCUT2D eigenvalue weighted by Gasteiger charge is -2.54. The third kappa shape index (κ3) is 3.70. The van der Waals surface area contributed by atoms with Gasteiger partial charge in [-0.15, -0.1) is 0 Å². The molecule has 38 heavy (non-hydrogen) atoms. The van der Waals surface area contributed by atoms with Crippen LogP contribution in [-0.4, -0.2) is 106 Å². The third-order valence-corrected chi connectivity index (χ3v) is 7.68. The SMILES string of the molecule is C[C@@H]1c2cccc(O)c2C(=O)C2=C(O)[C@@]3(O)C(=O)C(C(N)=O)=C(O)[C@@H](N(C)C)[C@@H]3[C@H](OC(=O)CN(C)C)[C@@H]21. The van der Waals surface area contributed by atoms with Gasteiger partial charge in [-0.25, -0.2) is 0 Å². The van der Waals surface area contributed by atoms with E-state index in [-0.39, 0.29) is 17.9 Å². The summed E-state index contributed by atoms with van der Waals surface area (Å²) in [7, 11) is 6.24. The number of ether oxygens (including phenoxy) is 1. The number of aliphatic hydroxyl groups is 3. The molecule has 0 fully saturated rings. The van der Waals surface area contributed by atoms with Gasteiger partial charge in [-0.1, -0.05) is 19.1 Å². The second-order valence-corrected chi connectivity index (χ2v) is 10.5. The molecule has 204 valence electrons. The minimum atomic E-state index is -2.96. The Morgan fingerprint density at radius 1 is 1.11 bits per heavy atom. The molecule has 0 aliphatic heterocycles. The molecule has 12 heteroatoms. The Bertz CT molecular complexity index is 1310. The minimum absolute atomic E-state index is 0.126. The molecule has 0 unspecified atom stereocenters. The predicted octanol–water partition coefficient (Wildman–Crippen LogP) is -0.235. The Balaban J connectivity index is 2.07. The number of aliphatic hydroxyl groups excluding tert-OH is 2. The third-order valence-electron chi connectivity index (χ3n) is 7.68. The zero-order chi connectivity index (χ0) is 28.4. The molecule has 0 heterocycles. The maximum atomic E-state index is 13.7. The van der Waals surface area contributed by atoms with Crippen LogP contribution in [0.15, 0.2) is 40.9 Å². The van der Waals surface area contributed by atoms with Gasteiger partial charge in [-0.05, 0) is 45.7 Å². The first-order valence-corrected chi connectivity index (χ1v) is 12.0. The number of likely N-dealkylation sites (N-methyl/N-ethyl adjacent to an activating group) is 2. The van der Waals surface area contributed by atoms with Gasteiger partial charge in [-0.3, -0.25) is 29.0 Å². The molecular formula is C26H31N3O9. The second kappa shape index (κ2) is 9.22. The van der Waals surface area contributed by atoms with Crippen LogP contribution >= 0.6 is 0 Å². The summed E-state index contributed by atoms with van der Waals surface area (Å²) in [6.07, 6.45) is -1.43. The van der Waals surface area contributed by atoms with Crippen LogP contribution < -0.4 is 5.73 Å². The Morgan fingerprint density at radius 2 is 1.74 bits per heavy atom. The van der Waals surface area contributed by atoms with E-state index >= 15 is 0 Å². The molecule has 4 rings (SSSR count). The second-order valence-electron chi connectivity index (χ2n) is 10.5. The minimum Gasteiger partial charge on any atom is -0.510 e. The van der Waals surface area contributed by atoms with Crippen LogP contribution in [0.3, 0.4) is 0 Å². The Labute approximate surface area is 218 Å². The highest BCUT2D eigenvalue weighted by Gasteiger charge is 2.68. The van der Waals surface area contributed by atoms with Gasteiger partial charge in [0.1, 0.15) is 28.9 Å². The largest absolute Gasteiger partial charge is 0.510 e. The number of phenols is 1. The molecule has 1 aromatic carbocycles. The first-order chi connectivity index (χ1) is 17.7. The van der Waals surface area contributed by atoms with E-state index in [0.29, 0.717) is 5.56 Å². The summed E-state index contributed by atoms with van der Waals surface area (Å²) < 4.78 is 5.86. The van der Waals surface area contributed by atoms with Crippen LogP contribution in [0, 0.1) is 11.8 Å². The van der Waals surface area contributed by atoms with E-state index in [2.05, 4.69) is 0 Å². The number of benzene rings is 1. The van der Waals surface area contributed by atoms with E-state index < -0.39 is 81.6 Å². The molecule has 0 aromatic heterocycles. The van der Waals surface area contributed by atoms with Crippen molar-refractivity contribution in [2.75, 3.05) is 34.7 Å². The smallest absolute Gasteiger partial charge is 0.320 e. The lowest BCUT2D eigenvalue weighted by atomic mass is 9.55. The Hall–Kier alpha value is -3.74. The van der Waals surface area contributed by atoms with E-state index in [1.807, 2.05) is 0 Å². The molecule has 1 aromatic rings. The molecule has 0 saturated heterocycles. The summed E-state index contributed by atoms with van der Waals surface area (Å²) in [6.45, 7) is 1.51. The van der Waals surface area contributed by atoms with Crippen molar-refractivity contribution in [2.24, 2.45) is 17.6 Å². The van der Waals surface area contributed by atoms with Crippen LogP contribution in [0.25, 0.3) is 0 Å². The number of Topliss-reactive ketones (excluding diaryl/α,β-unsaturated/α-hetero) is 2. The molecule has 6 N–H and O–H groups in total. The molecule has 12 nitrogen and oxygen atoms in total. The van der Waals surface area contributed by atoms with Gasteiger partial charge in [0.15, 0.2) is 11.4 Å². The number of amides is 1. The molecule has 1 amide bonds.